The van der Waals surface area contributed by atoms with Crippen molar-refractivity contribution in [3.05, 3.63) is 45.9 Å². The highest BCUT2D eigenvalue weighted by Crippen LogP contribution is 2.40. The molecule has 2 N–H and O–H groups in total. The fourth-order valence-corrected chi connectivity index (χ4v) is 5.72. The SMILES string of the molecule is CCOCCOc1cc(F)c2c(c1)CC[C@@H]2Cc1nc2nc(O[C@@H]3CO[C@H]4[C@@H]3OC[C@H]4O)[nH]c2cc1Cl. The second-order valence-corrected chi connectivity index (χ2v) is 10.0. The molecule has 198 valence electrons. The van der Waals surface area contributed by atoms with Gasteiger partial charge in [-0.15, -0.1) is 0 Å². The second kappa shape index (κ2) is 10.3. The van der Waals surface area contributed by atoms with E-state index in [-0.39, 0.29) is 42.7 Å². The van der Waals surface area contributed by atoms with Crippen molar-refractivity contribution in [3.63, 3.8) is 0 Å². The zero-order valence-corrected chi connectivity index (χ0v) is 21.2. The summed E-state index contributed by atoms with van der Waals surface area (Å²) < 4.78 is 43.3. The summed E-state index contributed by atoms with van der Waals surface area (Å²) in [4.78, 5) is 12.2. The number of aryl methyl sites for hydroxylation is 1. The number of hydrogen-bond acceptors (Lipinski definition) is 8. The van der Waals surface area contributed by atoms with Crippen LogP contribution in [-0.4, -0.2) is 77.5 Å². The molecule has 2 saturated heterocycles. The predicted octanol–water partition coefficient (Wildman–Crippen LogP) is 3.34. The number of ether oxygens (including phenoxy) is 5. The van der Waals surface area contributed by atoms with Crippen LogP contribution in [0.4, 0.5) is 4.39 Å². The third-order valence-corrected chi connectivity index (χ3v) is 7.55. The Hall–Kier alpha value is -2.50. The number of H-pyrrole nitrogens is 1. The lowest BCUT2D eigenvalue weighted by Gasteiger charge is -2.15. The third kappa shape index (κ3) is 4.88. The molecule has 2 fully saturated rings. The summed E-state index contributed by atoms with van der Waals surface area (Å²) in [6.07, 6.45) is 0.297. The van der Waals surface area contributed by atoms with Crippen LogP contribution in [0.1, 0.15) is 36.1 Å². The van der Waals surface area contributed by atoms with Gasteiger partial charge in [0.1, 0.15) is 36.5 Å². The zero-order chi connectivity index (χ0) is 25.5. The highest BCUT2D eigenvalue weighted by atomic mass is 35.5. The Kier molecular flexibility index (Phi) is 6.93. The van der Waals surface area contributed by atoms with Gasteiger partial charge >= 0.3 is 0 Å². The van der Waals surface area contributed by atoms with Gasteiger partial charge < -0.3 is 33.8 Å². The minimum Gasteiger partial charge on any atom is -0.491 e. The Morgan fingerprint density at radius 3 is 2.89 bits per heavy atom. The van der Waals surface area contributed by atoms with Crippen molar-refractivity contribution in [2.45, 2.75) is 56.5 Å². The van der Waals surface area contributed by atoms with Gasteiger partial charge in [0.05, 0.1) is 36.1 Å². The number of aromatic nitrogens is 3. The number of benzene rings is 1. The van der Waals surface area contributed by atoms with Crippen LogP contribution in [0.2, 0.25) is 5.02 Å². The molecule has 2 aliphatic heterocycles. The van der Waals surface area contributed by atoms with Crippen LogP contribution in [0.25, 0.3) is 11.2 Å². The normalized spacial score (nSPS) is 26.5. The van der Waals surface area contributed by atoms with E-state index in [1.165, 1.54) is 6.07 Å². The maximum absolute atomic E-state index is 15.1. The lowest BCUT2D eigenvalue weighted by atomic mass is 9.95. The van der Waals surface area contributed by atoms with E-state index in [4.69, 9.17) is 35.3 Å². The lowest BCUT2D eigenvalue weighted by Crippen LogP contribution is -2.34. The van der Waals surface area contributed by atoms with E-state index in [0.717, 1.165) is 18.4 Å². The fourth-order valence-electron chi connectivity index (χ4n) is 5.49. The summed E-state index contributed by atoms with van der Waals surface area (Å²) in [6, 6.07) is 5.42. The number of rotatable bonds is 9. The van der Waals surface area contributed by atoms with E-state index in [2.05, 4.69) is 15.0 Å². The van der Waals surface area contributed by atoms with Crippen LogP contribution in [0.3, 0.4) is 0 Å². The minimum atomic E-state index is -0.651. The number of aliphatic hydroxyl groups is 1. The second-order valence-electron chi connectivity index (χ2n) is 9.61. The zero-order valence-electron chi connectivity index (χ0n) is 20.4. The molecule has 5 atom stereocenters. The van der Waals surface area contributed by atoms with Crippen LogP contribution in [-0.2, 0) is 27.1 Å². The van der Waals surface area contributed by atoms with Crippen molar-refractivity contribution in [2.24, 2.45) is 0 Å². The van der Waals surface area contributed by atoms with Crippen molar-refractivity contribution in [3.8, 4) is 11.8 Å². The number of pyridine rings is 1. The number of aliphatic hydroxyl groups excluding tert-OH is 1. The van der Waals surface area contributed by atoms with Crippen LogP contribution in [0.15, 0.2) is 18.2 Å². The molecular formula is C26H29ClFN3O6. The van der Waals surface area contributed by atoms with Gasteiger partial charge in [-0.2, -0.15) is 4.98 Å². The first-order chi connectivity index (χ1) is 18.0. The molecule has 0 bridgehead atoms. The Labute approximate surface area is 218 Å². The first kappa shape index (κ1) is 24.8. The molecular weight excluding hydrogens is 505 g/mol. The van der Waals surface area contributed by atoms with E-state index in [0.29, 0.717) is 66.0 Å². The Morgan fingerprint density at radius 2 is 2.03 bits per heavy atom. The van der Waals surface area contributed by atoms with Crippen LogP contribution >= 0.6 is 11.6 Å². The van der Waals surface area contributed by atoms with Crippen molar-refractivity contribution in [1.82, 2.24) is 15.0 Å². The number of nitrogens with one attached hydrogen (secondary N) is 1. The van der Waals surface area contributed by atoms with Crippen molar-refractivity contribution in [2.75, 3.05) is 33.0 Å². The Balaban J connectivity index is 1.16. The minimum absolute atomic E-state index is 0.0388. The number of imidazole rings is 1. The van der Waals surface area contributed by atoms with E-state index < -0.39 is 6.10 Å². The van der Waals surface area contributed by atoms with Crippen molar-refractivity contribution < 1.29 is 33.2 Å². The molecule has 0 radical (unpaired) electrons. The van der Waals surface area contributed by atoms with Gasteiger partial charge in [0.2, 0.25) is 0 Å². The van der Waals surface area contributed by atoms with Crippen molar-refractivity contribution in [1.29, 1.82) is 0 Å². The van der Waals surface area contributed by atoms with Crippen molar-refractivity contribution >= 4 is 22.8 Å². The standard InChI is InChI=1S/C26H29ClFN3O6/c1-2-33-5-6-34-15-7-13-3-4-14(22(13)17(28)9-15)8-18-16(27)10-19-25(29-18)31-26(30-19)37-21-12-36-23-20(32)11-35-24(21)23/h7,9-10,14,20-21,23-24,32H,2-6,8,11-12H2,1H3,(H,29,30,31)/t14-,20-,21-,23-,24-/m1/s1. The summed E-state index contributed by atoms with van der Waals surface area (Å²) in [6.45, 7) is 3.92. The van der Waals surface area contributed by atoms with E-state index in [1.54, 1.807) is 6.07 Å². The smallest absolute Gasteiger partial charge is 0.296 e. The molecule has 3 aromatic rings. The molecule has 9 nitrogen and oxygen atoms in total. The van der Waals surface area contributed by atoms with Gasteiger partial charge in [0.15, 0.2) is 11.8 Å². The number of halogens is 2. The number of fused-ring (bicyclic) bond motifs is 3. The molecule has 0 spiro atoms. The largest absolute Gasteiger partial charge is 0.491 e. The van der Waals surface area contributed by atoms with Gasteiger partial charge in [0.25, 0.3) is 6.01 Å². The molecule has 0 saturated carbocycles. The first-order valence-electron chi connectivity index (χ1n) is 12.7. The third-order valence-electron chi connectivity index (χ3n) is 7.22. The van der Waals surface area contributed by atoms with Gasteiger partial charge in [-0.1, -0.05) is 11.6 Å². The van der Waals surface area contributed by atoms with Crippen LogP contribution in [0, 0.1) is 5.82 Å². The number of nitrogens with zero attached hydrogens (tertiary/aromatic N) is 2. The number of hydrogen-bond donors (Lipinski definition) is 2. The summed E-state index contributed by atoms with van der Waals surface area (Å²) in [5.74, 6) is 0.216. The molecule has 0 amide bonds. The van der Waals surface area contributed by atoms with E-state index in [9.17, 15) is 5.11 Å². The van der Waals surface area contributed by atoms with E-state index >= 15 is 4.39 Å². The average molecular weight is 534 g/mol. The van der Waals surface area contributed by atoms with Gasteiger partial charge in [-0.3, -0.25) is 0 Å². The van der Waals surface area contributed by atoms with Gasteiger partial charge in [-0.25, -0.2) is 9.37 Å². The van der Waals surface area contributed by atoms with Gasteiger partial charge in [0, 0.05) is 12.7 Å². The fraction of sp³-hybridized carbons (Fsp3) is 0.538. The molecule has 37 heavy (non-hydrogen) atoms. The Morgan fingerprint density at radius 1 is 1.16 bits per heavy atom. The van der Waals surface area contributed by atoms with E-state index in [1.807, 2.05) is 13.0 Å². The maximum Gasteiger partial charge on any atom is 0.296 e. The van der Waals surface area contributed by atoms with Crippen LogP contribution in [0.5, 0.6) is 11.8 Å². The molecule has 3 aliphatic rings. The highest BCUT2D eigenvalue weighted by molar-refractivity contribution is 6.31. The lowest BCUT2D eigenvalue weighted by molar-refractivity contribution is 0.00706. The molecule has 1 aromatic carbocycles. The molecule has 1 aliphatic carbocycles. The summed E-state index contributed by atoms with van der Waals surface area (Å²) >= 11 is 6.58. The maximum atomic E-state index is 15.1. The summed E-state index contributed by atoms with van der Waals surface area (Å²) in [7, 11) is 0. The Bertz CT molecular complexity index is 1290. The average Bonchev–Trinajstić information content (AvgIpc) is 3.64. The molecule has 11 heteroatoms. The quantitative estimate of drug-likeness (QED) is 0.403. The topological polar surface area (TPSA) is 108 Å². The van der Waals surface area contributed by atoms with Gasteiger partial charge in [-0.05, 0) is 55.4 Å². The molecule has 2 aromatic heterocycles. The summed E-state index contributed by atoms with van der Waals surface area (Å²) in [5, 5.41) is 10.4. The summed E-state index contributed by atoms with van der Waals surface area (Å²) in [5.41, 5.74) is 3.43. The molecule has 0 unspecified atom stereocenters. The van der Waals surface area contributed by atoms with Crippen LogP contribution < -0.4 is 9.47 Å². The highest BCUT2D eigenvalue weighted by Gasteiger charge is 2.48. The molecule has 4 heterocycles. The predicted molar refractivity (Wildman–Crippen MR) is 132 cm³/mol. The first-order valence-corrected chi connectivity index (χ1v) is 13.0. The molecule has 6 rings (SSSR count). The monoisotopic (exact) mass is 533 g/mol. The number of aromatic amines is 1.